The normalized spacial score (nSPS) is 5.00. The second-order valence-corrected chi connectivity index (χ2v) is 0.420. The molecule has 0 aliphatic heterocycles. The van der Waals surface area contributed by atoms with Gasteiger partial charge < -0.3 is 9.84 Å². The quantitative estimate of drug-likeness (QED) is 0.369. The van der Waals surface area contributed by atoms with E-state index in [9.17, 15) is 0 Å². The topological polar surface area (TPSA) is 80.7 Å². The van der Waals surface area contributed by atoms with Gasteiger partial charge in [0.2, 0.25) is 0 Å². The Balaban J connectivity index is 0. The highest BCUT2D eigenvalue weighted by atomic mass is 16.6. The molecule has 0 heterocycles. The van der Waals surface area contributed by atoms with Crippen LogP contribution in [0.2, 0.25) is 0 Å². The van der Waals surface area contributed by atoms with Crippen molar-refractivity contribution in [2.75, 3.05) is 0 Å². The molecule has 0 fully saturated rings. The van der Waals surface area contributed by atoms with Crippen molar-refractivity contribution in [3.8, 4) is 0 Å². The molecule has 0 atom stereocenters. The first kappa shape index (κ1) is 9.79. The van der Waals surface area contributed by atoms with Gasteiger partial charge in [-0.05, 0) is 0 Å². The number of hydrogen-bond donors (Lipinski definition) is 1. The lowest BCUT2D eigenvalue weighted by Crippen LogP contribution is -1.77. The summed E-state index contributed by atoms with van der Waals surface area (Å²) in [5.74, 6) is 0. The van der Waals surface area contributed by atoms with Crippen LogP contribution in [0.15, 0.2) is 0 Å². The standard InChI is InChI=1S/C2H2O3.CHO2/c3-1-5-2-4;2-1-3/h1-2H;(H,2,3). The van der Waals surface area contributed by atoms with Gasteiger partial charge in [0.1, 0.15) is 0 Å². The smallest absolute Gasteiger partial charge is 0.414 e. The first-order chi connectivity index (χ1) is 3.83. The van der Waals surface area contributed by atoms with E-state index in [1.807, 2.05) is 0 Å². The molecule has 0 saturated carbocycles. The third-order valence-electron chi connectivity index (χ3n) is 0.111. The third-order valence-corrected chi connectivity index (χ3v) is 0.111. The summed E-state index contributed by atoms with van der Waals surface area (Å²) < 4.78 is 3.47. The summed E-state index contributed by atoms with van der Waals surface area (Å²) in [6.45, 7) is 0.625. The molecule has 0 aromatic rings. The van der Waals surface area contributed by atoms with Crippen LogP contribution in [0.4, 0.5) is 0 Å². The summed E-state index contributed by atoms with van der Waals surface area (Å²) in [7, 11) is 0. The molecule has 0 rings (SSSR count). The maximum atomic E-state index is 8.95. The van der Waals surface area contributed by atoms with Crippen molar-refractivity contribution in [1.29, 1.82) is 0 Å². The van der Waals surface area contributed by atoms with Crippen LogP contribution in [-0.4, -0.2) is 24.5 Å². The predicted octanol–water partition coefficient (Wildman–Crippen LogP) is -1.07. The highest BCUT2D eigenvalue weighted by molar-refractivity contribution is 5.55. The maximum absolute atomic E-state index is 8.95. The number of carbonyl (C=O) groups is 2. The number of aliphatic hydroxyl groups excluding tert-OH is 1. The minimum absolute atomic E-state index is 0.0625. The second kappa shape index (κ2) is 17.5. The summed E-state index contributed by atoms with van der Waals surface area (Å²) in [5.41, 5.74) is 0. The molecule has 45 valence electrons. The molecule has 0 aliphatic rings. The van der Waals surface area contributed by atoms with Crippen molar-refractivity contribution in [1.82, 2.24) is 0 Å². The van der Waals surface area contributed by atoms with E-state index in [1.54, 1.807) is 0 Å². The Bertz CT molecular complexity index is 62.1. The van der Waals surface area contributed by atoms with E-state index in [1.165, 1.54) is 0 Å². The van der Waals surface area contributed by atoms with Gasteiger partial charge in [-0.3, -0.25) is 9.59 Å². The summed E-state index contributed by atoms with van der Waals surface area (Å²) in [4.78, 5) is 26.1. The van der Waals surface area contributed by atoms with E-state index in [-0.39, 0.29) is 12.9 Å². The van der Waals surface area contributed by atoms with Crippen molar-refractivity contribution in [2.24, 2.45) is 0 Å². The average molecular weight is 119 g/mol. The molecule has 0 amide bonds. The average Bonchev–Trinajstić information content (AvgIpc) is 1.71. The zero-order valence-corrected chi connectivity index (χ0v) is 3.73. The van der Waals surface area contributed by atoms with E-state index in [4.69, 9.17) is 19.5 Å². The predicted molar refractivity (Wildman–Crippen MR) is 21.5 cm³/mol. The summed E-state index contributed by atoms with van der Waals surface area (Å²) >= 11 is 0. The number of carbonyl (C=O) groups excluding carboxylic acids is 2. The van der Waals surface area contributed by atoms with Gasteiger partial charge in [0.15, 0.2) is 0 Å². The fourth-order valence-electron chi connectivity index (χ4n) is 0.0227. The van der Waals surface area contributed by atoms with Gasteiger partial charge in [-0.2, -0.15) is 0 Å². The molecule has 1 radical (unpaired) electrons. The monoisotopic (exact) mass is 119 g/mol. The van der Waals surface area contributed by atoms with Gasteiger partial charge in [-0.15, -0.1) is 0 Å². The molecule has 5 heteroatoms. The van der Waals surface area contributed by atoms with E-state index < -0.39 is 0 Å². The van der Waals surface area contributed by atoms with Gasteiger partial charge in [-0.25, -0.2) is 4.79 Å². The van der Waals surface area contributed by atoms with Crippen LogP contribution in [0.25, 0.3) is 0 Å². The minimum Gasteiger partial charge on any atom is -0.473 e. The van der Waals surface area contributed by atoms with Crippen LogP contribution in [0.5, 0.6) is 0 Å². The molecule has 5 nitrogen and oxygen atoms in total. The van der Waals surface area contributed by atoms with Crippen molar-refractivity contribution in [2.45, 2.75) is 0 Å². The van der Waals surface area contributed by atoms with Crippen LogP contribution in [0.3, 0.4) is 0 Å². The van der Waals surface area contributed by atoms with Gasteiger partial charge in [0, 0.05) is 0 Å². The lowest BCUT2D eigenvalue weighted by atomic mass is 11.5. The lowest BCUT2D eigenvalue weighted by Gasteiger charge is -1.65. The Morgan fingerprint density at radius 3 is 1.62 bits per heavy atom. The second-order valence-electron chi connectivity index (χ2n) is 0.420. The van der Waals surface area contributed by atoms with E-state index in [2.05, 4.69) is 4.74 Å². The molecule has 0 aliphatic carbocycles. The number of ether oxygens (including phenoxy) is 1. The van der Waals surface area contributed by atoms with Gasteiger partial charge >= 0.3 is 19.4 Å². The Morgan fingerprint density at radius 2 is 1.62 bits per heavy atom. The van der Waals surface area contributed by atoms with Gasteiger partial charge in [-0.1, -0.05) is 0 Å². The van der Waals surface area contributed by atoms with Crippen molar-refractivity contribution in [3.63, 3.8) is 0 Å². The van der Waals surface area contributed by atoms with Crippen molar-refractivity contribution >= 4 is 19.4 Å². The molecule has 0 saturated heterocycles. The molecule has 0 aromatic heterocycles. The Hall–Kier alpha value is -1.39. The molecule has 0 unspecified atom stereocenters. The van der Waals surface area contributed by atoms with Crippen LogP contribution >= 0.6 is 0 Å². The molecule has 1 N–H and O–H groups in total. The molecular formula is C3H3O5. The van der Waals surface area contributed by atoms with E-state index in [0.29, 0.717) is 6.47 Å². The SMILES string of the molecule is O=COC=O.O=[C]O. The first-order valence-electron chi connectivity index (χ1n) is 1.37. The minimum atomic E-state index is 0.0625. The number of hydrogen-bond acceptors (Lipinski definition) is 4. The maximum Gasteiger partial charge on any atom is 0.414 e. The largest absolute Gasteiger partial charge is 0.473 e. The fraction of sp³-hybridized carbons (Fsp3) is 0. The Labute approximate surface area is 44.9 Å². The highest BCUT2D eigenvalue weighted by Gasteiger charge is 1.58. The molecule has 0 aromatic carbocycles. The van der Waals surface area contributed by atoms with Crippen LogP contribution in [0.1, 0.15) is 0 Å². The number of rotatable bonds is 2. The molecule has 8 heavy (non-hydrogen) atoms. The van der Waals surface area contributed by atoms with E-state index in [0.717, 1.165) is 0 Å². The van der Waals surface area contributed by atoms with Gasteiger partial charge in [0.05, 0.1) is 0 Å². The van der Waals surface area contributed by atoms with Gasteiger partial charge in [0.25, 0.3) is 0 Å². The molecule has 0 spiro atoms. The van der Waals surface area contributed by atoms with Crippen LogP contribution < -0.4 is 0 Å². The van der Waals surface area contributed by atoms with Crippen molar-refractivity contribution in [3.05, 3.63) is 0 Å². The molecule has 0 bridgehead atoms. The van der Waals surface area contributed by atoms with E-state index >= 15 is 0 Å². The first-order valence-corrected chi connectivity index (χ1v) is 1.37. The third kappa shape index (κ3) is 161. The summed E-state index contributed by atoms with van der Waals surface area (Å²) in [6.07, 6.45) is 0. The zero-order chi connectivity index (χ0) is 6.83. The van der Waals surface area contributed by atoms with Crippen LogP contribution in [0, 0.1) is 0 Å². The zero-order valence-electron chi connectivity index (χ0n) is 3.73. The van der Waals surface area contributed by atoms with Crippen molar-refractivity contribution < 1.29 is 24.2 Å². The Kier molecular flexibility index (Phi) is 21.4. The summed E-state index contributed by atoms with van der Waals surface area (Å²) in [6, 6.07) is 0. The summed E-state index contributed by atoms with van der Waals surface area (Å²) in [5, 5.41) is 6.76. The molecular weight excluding hydrogens is 116 g/mol. The highest BCUT2D eigenvalue weighted by Crippen LogP contribution is 1.40. The lowest BCUT2D eigenvalue weighted by molar-refractivity contribution is -0.141. The van der Waals surface area contributed by atoms with Crippen LogP contribution in [-0.2, 0) is 19.1 Å². The Morgan fingerprint density at radius 1 is 1.38 bits per heavy atom. The fourth-order valence-corrected chi connectivity index (χ4v) is 0.0227.